The zero-order chi connectivity index (χ0) is 7.84. The van der Waals surface area contributed by atoms with Crippen molar-refractivity contribution in [2.75, 3.05) is 20.1 Å². The van der Waals surface area contributed by atoms with Gasteiger partial charge in [-0.3, -0.25) is 0 Å². The second-order valence-corrected chi connectivity index (χ2v) is 4.11. The van der Waals surface area contributed by atoms with E-state index in [0.29, 0.717) is 0 Å². The zero-order valence-corrected chi connectivity index (χ0v) is 7.51. The van der Waals surface area contributed by atoms with E-state index in [1.807, 2.05) is 0 Å². The molecule has 2 heterocycles. The lowest BCUT2D eigenvalue weighted by Gasteiger charge is -2.43. The summed E-state index contributed by atoms with van der Waals surface area (Å²) in [5, 5.41) is 3.58. The van der Waals surface area contributed by atoms with Gasteiger partial charge in [0.25, 0.3) is 0 Å². The third kappa shape index (κ3) is 1.30. The van der Waals surface area contributed by atoms with Crippen LogP contribution in [-0.2, 0) is 0 Å². The van der Waals surface area contributed by atoms with Crippen molar-refractivity contribution in [1.82, 2.24) is 10.2 Å². The fraction of sp³-hybridized carbons (Fsp3) is 1.00. The molecule has 2 saturated heterocycles. The molecular formula is C9H18N2. The topological polar surface area (TPSA) is 15.3 Å². The number of likely N-dealkylation sites (tertiary alicyclic amines) is 1. The van der Waals surface area contributed by atoms with E-state index in [0.717, 1.165) is 18.0 Å². The summed E-state index contributed by atoms with van der Waals surface area (Å²) in [5.41, 5.74) is 0. The first kappa shape index (κ1) is 7.56. The molecule has 2 aliphatic rings. The summed E-state index contributed by atoms with van der Waals surface area (Å²) in [6.07, 6.45) is 2.75. The minimum atomic E-state index is 0.784. The summed E-state index contributed by atoms with van der Waals surface area (Å²) in [7, 11) is 2.23. The van der Waals surface area contributed by atoms with Gasteiger partial charge >= 0.3 is 0 Å². The average molecular weight is 154 g/mol. The summed E-state index contributed by atoms with van der Waals surface area (Å²) in [6.45, 7) is 4.89. The highest BCUT2D eigenvalue weighted by Gasteiger charge is 2.37. The molecule has 2 nitrogen and oxygen atoms in total. The Hall–Kier alpha value is -0.0800. The average Bonchev–Trinajstić information content (AvgIpc) is 2.09. The first-order chi connectivity index (χ1) is 5.27. The fourth-order valence-electron chi connectivity index (χ4n) is 2.40. The summed E-state index contributed by atoms with van der Waals surface area (Å²) in [5.74, 6) is 0.972. The number of fused-ring (bicyclic) bond motifs is 1. The molecule has 3 unspecified atom stereocenters. The van der Waals surface area contributed by atoms with Crippen molar-refractivity contribution in [2.24, 2.45) is 5.92 Å². The Morgan fingerprint density at radius 3 is 2.73 bits per heavy atom. The zero-order valence-electron chi connectivity index (χ0n) is 7.51. The smallest absolute Gasteiger partial charge is 0.0125 e. The van der Waals surface area contributed by atoms with Gasteiger partial charge in [-0.1, -0.05) is 0 Å². The van der Waals surface area contributed by atoms with E-state index in [1.54, 1.807) is 0 Å². The Morgan fingerprint density at radius 2 is 2.00 bits per heavy atom. The quantitative estimate of drug-likeness (QED) is 0.552. The van der Waals surface area contributed by atoms with Crippen LogP contribution in [0.15, 0.2) is 0 Å². The van der Waals surface area contributed by atoms with Crippen LogP contribution in [0.25, 0.3) is 0 Å². The van der Waals surface area contributed by atoms with Gasteiger partial charge in [0.15, 0.2) is 0 Å². The molecule has 64 valence electrons. The lowest BCUT2D eigenvalue weighted by atomic mass is 9.80. The van der Waals surface area contributed by atoms with Crippen LogP contribution in [0.2, 0.25) is 0 Å². The van der Waals surface area contributed by atoms with E-state index in [4.69, 9.17) is 0 Å². The molecule has 0 aliphatic carbocycles. The second-order valence-electron chi connectivity index (χ2n) is 4.11. The maximum absolute atomic E-state index is 3.58. The number of rotatable bonds is 0. The third-order valence-electron chi connectivity index (χ3n) is 3.30. The lowest BCUT2D eigenvalue weighted by molar-refractivity contribution is 0.151. The van der Waals surface area contributed by atoms with Gasteiger partial charge in [0.1, 0.15) is 0 Å². The summed E-state index contributed by atoms with van der Waals surface area (Å²) in [4.78, 5) is 2.45. The van der Waals surface area contributed by atoms with Crippen molar-refractivity contribution in [3.8, 4) is 0 Å². The molecule has 0 aromatic heterocycles. The Bertz CT molecular complexity index is 146. The van der Waals surface area contributed by atoms with Crippen molar-refractivity contribution in [3.05, 3.63) is 0 Å². The van der Waals surface area contributed by atoms with Crippen molar-refractivity contribution in [1.29, 1.82) is 0 Å². The van der Waals surface area contributed by atoms with Gasteiger partial charge in [0.2, 0.25) is 0 Å². The van der Waals surface area contributed by atoms with E-state index in [9.17, 15) is 0 Å². The summed E-state index contributed by atoms with van der Waals surface area (Å²) in [6, 6.07) is 1.63. The Morgan fingerprint density at radius 1 is 1.27 bits per heavy atom. The van der Waals surface area contributed by atoms with E-state index < -0.39 is 0 Å². The van der Waals surface area contributed by atoms with Crippen LogP contribution in [0.5, 0.6) is 0 Å². The molecule has 2 fully saturated rings. The molecule has 11 heavy (non-hydrogen) atoms. The number of nitrogens with zero attached hydrogens (tertiary/aromatic N) is 1. The lowest BCUT2D eigenvalue weighted by Crippen LogP contribution is -2.59. The van der Waals surface area contributed by atoms with E-state index >= 15 is 0 Å². The monoisotopic (exact) mass is 154 g/mol. The maximum Gasteiger partial charge on any atom is 0.0125 e. The summed E-state index contributed by atoms with van der Waals surface area (Å²) >= 11 is 0. The molecule has 0 spiro atoms. The van der Waals surface area contributed by atoms with Gasteiger partial charge in [0.05, 0.1) is 0 Å². The van der Waals surface area contributed by atoms with Crippen molar-refractivity contribution in [2.45, 2.75) is 31.8 Å². The van der Waals surface area contributed by atoms with Crippen molar-refractivity contribution in [3.63, 3.8) is 0 Å². The minimum Gasteiger partial charge on any atom is -0.311 e. The summed E-state index contributed by atoms with van der Waals surface area (Å²) < 4.78 is 0. The Balaban J connectivity index is 1.93. The Labute approximate surface area is 69.0 Å². The highest BCUT2D eigenvalue weighted by Crippen LogP contribution is 2.28. The van der Waals surface area contributed by atoms with Crippen LogP contribution in [-0.4, -0.2) is 37.1 Å². The normalized spacial score (nSPS) is 45.8. The fourth-order valence-corrected chi connectivity index (χ4v) is 2.40. The minimum absolute atomic E-state index is 0.784. The van der Waals surface area contributed by atoms with Gasteiger partial charge in [-0.2, -0.15) is 0 Å². The molecule has 0 saturated carbocycles. The van der Waals surface area contributed by atoms with Gasteiger partial charge in [-0.05, 0) is 45.8 Å². The van der Waals surface area contributed by atoms with Crippen LogP contribution in [0.3, 0.4) is 0 Å². The second kappa shape index (κ2) is 2.76. The van der Waals surface area contributed by atoms with Crippen molar-refractivity contribution < 1.29 is 0 Å². The predicted octanol–water partition coefficient (Wildman–Crippen LogP) is 0.689. The Kier molecular flexibility index (Phi) is 1.90. The standard InChI is InChI=1S/C9H18N2/c1-7-8-3-5-11(2)6-4-9(8)10-7/h7-10H,3-6H2,1-2H3. The van der Waals surface area contributed by atoms with Crippen LogP contribution < -0.4 is 5.32 Å². The van der Waals surface area contributed by atoms with Gasteiger partial charge in [-0.15, -0.1) is 0 Å². The highest BCUT2D eigenvalue weighted by atomic mass is 15.1. The number of hydrogen-bond donors (Lipinski definition) is 1. The molecule has 2 rings (SSSR count). The van der Waals surface area contributed by atoms with E-state index in [1.165, 1.54) is 25.9 Å². The van der Waals surface area contributed by atoms with Crippen LogP contribution in [0.4, 0.5) is 0 Å². The third-order valence-corrected chi connectivity index (χ3v) is 3.30. The number of nitrogens with one attached hydrogen (secondary N) is 1. The van der Waals surface area contributed by atoms with Gasteiger partial charge < -0.3 is 10.2 Å². The SMILES string of the molecule is CC1NC2CCN(C)CCC12. The molecule has 0 aromatic carbocycles. The molecule has 0 radical (unpaired) electrons. The van der Waals surface area contributed by atoms with Crippen LogP contribution in [0, 0.1) is 5.92 Å². The molecule has 2 heteroatoms. The van der Waals surface area contributed by atoms with Crippen LogP contribution in [0.1, 0.15) is 19.8 Å². The van der Waals surface area contributed by atoms with E-state index in [2.05, 4.69) is 24.2 Å². The van der Waals surface area contributed by atoms with E-state index in [-0.39, 0.29) is 0 Å². The number of hydrogen-bond acceptors (Lipinski definition) is 2. The highest BCUT2D eigenvalue weighted by molar-refractivity contribution is 4.96. The molecule has 1 N–H and O–H groups in total. The van der Waals surface area contributed by atoms with Crippen molar-refractivity contribution >= 4 is 0 Å². The van der Waals surface area contributed by atoms with Gasteiger partial charge in [-0.25, -0.2) is 0 Å². The first-order valence-corrected chi connectivity index (χ1v) is 4.72. The molecule has 0 bridgehead atoms. The molecule has 3 atom stereocenters. The molecule has 0 aromatic rings. The molecular weight excluding hydrogens is 136 g/mol. The largest absolute Gasteiger partial charge is 0.311 e. The maximum atomic E-state index is 3.58. The van der Waals surface area contributed by atoms with Crippen LogP contribution >= 0.6 is 0 Å². The first-order valence-electron chi connectivity index (χ1n) is 4.72. The van der Waals surface area contributed by atoms with Gasteiger partial charge in [0, 0.05) is 12.1 Å². The predicted molar refractivity (Wildman–Crippen MR) is 46.6 cm³/mol. The molecule has 0 amide bonds. The molecule has 2 aliphatic heterocycles.